The molecule has 46 heavy (non-hydrogen) atoms. The van der Waals surface area contributed by atoms with Crippen LogP contribution in [0.1, 0.15) is 66.0 Å². The molecule has 3 N–H and O–H groups in total. The van der Waals surface area contributed by atoms with Crippen molar-refractivity contribution in [2.24, 2.45) is 5.10 Å². The van der Waals surface area contributed by atoms with E-state index in [2.05, 4.69) is 17.1 Å². The zero-order valence-electron chi connectivity index (χ0n) is 26.7. The fourth-order valence-corrected chi connectivity index (χ4v) is 4.20. The number of hydrazone groups is 1. The summed E-state index contributed by atoms with van der Waals surface area (Å²) < 4.78 is 68.5. The molecule has 0 bridgehead atoms. The van der Waals surface area contributed by atoms with Crippen LogP contribution in [0.5, 0.6) is 0 Å². The number of benzene rings is 1. The highest BCUT2D eigenvalue weighted by atomic mass is 19.4. The van der Waals surface area contributed by atoms with Crippen LogP contribution in [0.15, 0.2) is 118 Å². The maximum absolute atomic E-state index is 14.0. The van der Waals surface area contributed by atoms with Crippen LogP contribution in [0.4, 0.5) is 27.6 Å². The molecule has 0 aliphatic heterocycles. The van der Waals surface area contributed by atoms with Crippen molar-refractivity contribution in [2.45, 2.75) is 61.1 Å². The monoisotopic (exact) mass is 647 g/mol. The highest BCUT2D eigenvalue weighted by Gasteiger charge is 2.32. The first-order valence-electron chi connectivity index (χ1n) is 13.9. The minimum absolute atomic E-state index is 0.0778. The Kier molecular flexibility index (Phi) is 14.8. The lowest BCUT2D eigenvalue weighted by molar-refractivity contribution is -0.137. The van der Waals surface area contributed by atoms with Gasteiger partial charge in [0.05, 0.1) is 34.1 Å². The summed E-state index contributed by atoms with van der Waals surface area (Å²) in [4.78, 5) is 25.3. The molecule has 0 atom stereocenters. The number of hydrogen-bond acceptors (Lipinski definition) is 5. The fourth-order valence-electron chi connectivity index (χ4n) is 4.20. The number of alkyl halides is 3. The Balaban J connectivity index is 3.86. The van der Waals surface area contributed by atoms with Gasteiger partial charge >= 0.3 is 12.1 Å². The minimum Gasteiger partial charge on any atom is -0.505 e. The van der Waals surface area contributed by atoms with E-state index in [0.717, 1.165) is 47.7 Å². The van der Waals surface area contributed by atoms with E-state index in [1.54, 1.807) is 26.8 Å². The predicted molar refractivity (Wildman–Crippen MR) is 171 cm³/mol. The second-order valence-electron chi connectivity index (χ2n) is 9.98. The van der Waals surface area contributed by atoms with E-state index in [-0.39, 0.29) is 40.1 Å². The zero-order chi connectivity index (χ0) is 35.4. The zero-order valence-corrected chi connectivity index (χ0v) is 26.7. The number of rotatable bonds is 13. The number of amides is 1. The number of aliphatic carboxylic acids is 1. The van der Waals surface area contributed by atoms with Crippen molar-refractivity contribution in [3.8, 4) is 0 Å². The molecule has 0 heterocycles. The van der Waals surface area contributed by atoms with Gasteiger partial charge in [0.15, 0.2) is 0 Å². The smallest absolute Gasteiger partial charge is 0.416 e. The highest BCUT2D eigenvalue weighted by molar-refractivity contribution is 6.08. The average Bonchev–Trinajstić information content (AvgIpc) is 2.95. The number of nitrogens with zero attached hydrogens (tertiary/aromatic N) is 2. The molecule has 0 unspecified atom stereocenters. The molecule has 7 nitrogen and oxygen atoms in total. The molecule has 12 heteroatoms. The summed E-state index contributed by atoms with van der Waals surface area (Å²) in [6.45, 7) is 14.2. The van der Waals surface area contributed by atoms with Gasteiger partial charge in [-0.05, 0) is 77.0 Å². The number of hydrogen-bond donors (Lipinski definition) is 3. The molecule has 0 saturated heterocycles. The Morgan fingerprint density at radius 3 is 2.15 bits per heavy atom. The number of nitrogens with one attached hydrogen (secondary N) is 1. The predicted octanol–water partition coefficient (Wildman–Crippen LogP) is 9.27. The summed E-state index contributed by atoms with van der Waals surface area (Å²) in [5.74, 6) is -3.67. The van der Waals surface area contributed by atoms with E-state index in [9.17, 15) is 41.8 Å². The summed E-state index contributed by atoms with van der Waals surface area (Å²) in [6, 6.07) is 2.82. The molecule has 1 amide bonds. The molecule has 1 aromatic carbocycles. The fraction of sp³-hybridized carbons (Fsp3) is 0.265. The Morgan fingerprint density at radius 1 is 1.04 bits per heavy atom. The average molecular weight is 648 g/mol. The van der Waals surface area contributed by atoms with Gasteiger partial charge in [0, 0.05) is 23.8 Å². The number of carboxylic acids is 1. The van der Waals surface area contributed by atoms with Crippen molar-refractivity contribution in [3.63, 3.8) is 0 Å². The van der Waals surface area contributed by atoms with Gasteiger partial charge in [-0.3, -0.25) is 15.1 Å². The molecule has 0 spiro atoms. The van der Waals surface area contributed by atoms with Gasteiger partial charge in [0.25, 0.3) is 0 Å². The normalized spacial score (nSPS) is 14.8. The van der Waals surface area contributed by atoms with E-state index in [1.807, 2.05) is 13.0 Å². The Morgan fingerprint density at radius 2 is 1.67 bits per heavy atom. The molecular formula is C34H38F5N3O4. The van der Waals surface area contributed by atoms with Crippen molar-refractivity contribution in [2.75, 3.05) is 4.90 Å². The molecule has 0 saturated carbocycles. The first-order chi connectivity index (χ1) is 21.4. The summed E-state index contributed by atoms with van der Waals surface area (Å²) >= 11 is 0. The third-order valence-electron chi connectivity index (χ3n) is 6.16. The minimum atomic E-state index is -4.71. The molecule has 0 fully saturated rings. The summed E-state index contributed by atoms with van der Waals surface area (Å²) in [7, 11) is 0. The van der Waals surface area contributed by atoms with E-state index in [1.165, 1.54) is 26.0 Å². The number of carbonyl (C=O) groups is 2. The SMILES string of the molecule is C=C(N/N=C(\C)c1ccc(C(F)(F)F)cc1N(C(C)=O)/C(C)=C/C(C)=C\CC)/C(O)=C(\C=C(/C)F)C(/C=C\C)=C/C(=C/F)C(=O)O. The second-order valence-corrected chi connectivity index (χ2v) is 9.98. The van der Waals surface area contributed by atoms with E-state index >= 15 is 0 Å². The third kappa shape index (κ3) is 11.2. The third-order valence-corrected chi connectivity index (χ3v) is 6.16. The number of halogens is 5. The topological polar surface area (TPSA) is 102 Å². The van der Waals surface area contributed by atoms with Gasteiger partial charge in [-0.2, -0.15) is 18.3 Å². The van der Waals surface area contributed by atoms with E-state index in [4.69, 9.17) is 0 Å². The van der Waals surface area contributed by atoms with Crippen molar-refractivity contribution in [3.05, 3.63) is 124 Å². The van der Waals surface area contributed by atoms with Crippen LogP contribution in [0, 0.1) is 0 Å². The quantitative estimate of drug-likeness (QED) is 0.0495. The number of allylic oxidation sites excluding steroid dienone is 10. The molecule has 0 radical (unpaired) electrons. The molecule has 1 rings (SSSR count). The van der Waals surface area contributed by atoms with Gasteiger partial charge in [0.2, 0.25) is 5.91 Å². The van der Waals surface area contributed by atoms with Crippen LogP contribution < -0.4 is 10.3 Å². The number of carboxylic acid groups (broad SMARTS) is 1. The van der Waals surface area contributed by atoms with Crippen LogP contribution in [0.25, 0.3) is 0 Å². The van der Waals surface area contributed by atoms with Crippen LogP contribution in [-0.4, -0.2) is 27.8 Å². The number of anilines is 1. The number of aliphatic hydroxyl groups is 1. The molecule has 0 aromatic heterocycles. The molecule has 248 valence electrons. The van der Waals surface area contributed by atoms with Crippen LogP contribution in [0.3, 0.4) is 0 Å². The van der Waals surface area contributed by atoms with Crippen molar-refractivity contribution in [1.29, 1.82) is 0 Å². The molecule has 1 aromatic rings. The first kappa shape index (κ1) is 39.0. The van der Waals surface area contributed by atoms with Gasteiger partial charge < -0.3 is 10.2 Å². The van der Waals surface area contributed by atoms with E-state index in [0.29, 0.717) is 12.1 Å². The number of carbonyl (C=O) groups excluding carboxylic acids is 1. The highest BCUT2D eigenvalue weighted by Crippen LogP contribution is 2.35. The summed E-state index contributed by atoms with van der Waals surface area (Å²) in [6.07, 6.45) is 3.85. The first-order valence-corrected chi connectivity index (χ1v) is 13.9. The summed E-state index contributed by atoms with van der Waals surface area (Å²) in [5, 5.41) is 24.3. The molecule has 0 aliphatic rings. The lowest BCUT2D eigenvalue weighted by atomic mass is 9.99. The maximum atomic E-state index is 14.0. The summed E-state index contributed by atoms with van der Waals surface area (Å²) in [5.41, 5.74) is 1.23. The van der Waals surface area contributed by atoms with Crippen LogP contribution in [-0.2, 0) is 15.8 Å². The van der Waals surface area contributed by atoms with Gasteiger partial charge in [-0.25, -0.2) is 13.6 Å². The van der Waals surface area contributed by atoms with Gasteiger partial charge in [-0.15, -0.1) is 0 Å². The van der Waals surface area contributed by atoms with Crippen LogP contribution >= 0.6 is 0 Å². The molecular weight excluding hydrogens is 609 g/mol. The van der Waals surface area contributed by atoms with Crippen molar-refractivity contribution in [1.82, 2.24) is 5.43 Å². The van der Waals surface area contributed by atoms with Gasteiger partial charge in [-0.1, -0.05) is 43.4 Å². The van der Waals surface area contributed by atoms with Crippen LogP contribution in [0.2, 0.25) is 0 Å². The maximum Gasteiger partial charge on any atom is 0.416 e. The molecule has 0 aliphatic carbocycles. The second kappa shape index (κ2) is 17.5. The Labute approximate surface area is 265 Å². The van der Waals surface area contributed by atoms with E-state index < -0.39 is 40.8 Å². The van der Waals surface area contributed by atoms with Crippen molar-refractivity contribution < 1.29 is 41.8 Å². The standard InChI is InChI=1S/C34H38F5N3O4/c1-9-11-20(3)15-22(5)42(25(8)43)31-18-28(34(37,38)39)13-14-29(31)23(6)40-41-24(7)32(44)30(16-21(4)36)26(12-10-2)17-27(19-35)33(45)46/h10-19,41,44H,7,9H2,1-6,8H3,(H,45,46)/b12-10-,20-11-,21-16+,22-15+,26-17+,27-19-,32-30-,40-23+. The lowest BCUT2D eigenvalue weighted by Gasteiger charge is -2.26. The Hall–Kier alpha value is -5.00. The number of aliphatic hydroxyl groups excluding tert-OH is 1. The lowest BCUT2D eigenvalue weighted by Crippen LogP contribution is -2.29. The van der Waals surface area contributed by atoms with Crippen molar-refractivity contribution >= 4 is 23.3 Å². The Bertz CT molecular complexity index is 1590. The van der Waals surface area contributed by atoms with Gasteiger partial charge in [0.1, 0.15) is 12.1 Å². The largest absolute Gasteiger partial charge is 0.505 e.